The van der Waals surface area contributed by atoms with Gasteiger partial charge in [-0.25, -0.2) is 4.99 Å². The van der Waals surface area contributed by atoms with Gasteiger partial charge in [-0.15, -0.1) is 0 Å². The van der Waals surface area contributed by atoms with Crippen LogP contribution in [-0.2, 0) is 0 Å². The van der Waals surface area contributed by atoms with Crippen LogP contribution in [-0.4, -0.2) is 29.7 Å². The van der Waals surface area contributed by atoms with Crippen molar-refractivity contribution >= 4 is 17.4 Å². The molecule has 80 valence electrons. The van der Waals surface area contributed by atoms with Crippen LogP contribution < -0.4 is 5.73 Å². The summed E-state index contributed by atoms with van der Waals surface area (Å²) in [7, 11) is 0. The maximum Gasteiger partial charge on any atom is 0.171 e. The molecule has 16 heavy (non-hydrogen) atoms. The quantitative estimate of drug-likeness (QED) is 0.757. The summed E-state index contributed by atoms with van der Waals surface area (Å²) in [5, 5.41) is 0. The lowest BCUT2D eigenvalue weighted by Gasteiger charge is -2.20. The average Bonchev–Trinajstić information content (AvgIpc) is 2.79. The fourth-order valence-corrected chi connectivity index (χ4v) is 1.92. The molecule has 0 atom stereocenters. The van der Waals surface area contributed by atoms with Crippen molar-refractivity contribution in [2.45, 2.75) is 0 Å². The standard InChI is InChI=1S/C12H12N4/c13-11-12-14-6-7-16(12)8-10(15-11)9-4-2-1-3-5-9/h1-5,8H,6-7H2,(H2,13,15). The maximum absolute atomic E-state index is 5.88. The number of benzene rings is 1. The van der Waals surface area contributed by atoms with Crippen LogP contribution in [0.15, 0.2) is 46.5 Å². The Morgan fingerprint density at radius 3 is 2.81 bits per heavy atom. The predicted molar refractivity (Wildman–Crippen MR) is 65.0 cm³/mol. The first-order valence-electron chi connectivity index (χ1n) is 5.27. The van der Waals surface area contributed by atoms with Crippen molar-refractivity contribution in [3.63, 3.8) is 0 Å². The lowest BCUT2D eigenvalue weighted by molar-refractivity contribution is 0.614. The van der Waals surface area contributed by atoms with E-state index in [-0.39, 0.29) is 0 Å². The van der Waals surface area contributed by atoms with E-state index in [4.69, 9.17) is 5.73 Å². The molecule has 0 amide bonds. The smallest absolute Gasteiger partial charge is 0.171 e. The largest absolute Gasteiger partial charge is 0.381 e. The normalized spacial score (nSPS) is 18.8. The number of hydrogen-bond acceptors (Lipinski definition) is 4. The van der Waals surface area contributed by atoms with Gasteiger partial charge in [0, 0.05) is 18.3 Å². The highest BCUT2D eigenvalue weighted by molar-refractivity contribution is 6.41. The average molecular weight is 212 g/mol. The van der Waals surface area contributed by atoms with Crippen LogP contribution >= 0.6 is 0 Å². The van der Waals surface area contributed by atoms with E-state index in [0.717, 1.165) is 30.2 Å². The van der Waals surface area contributed by atoms with Crippen molar-refractivity contribution in [1.29, 1.82) is 0 Å². The summed E-state index contributed by atoms with van der Waals surface area (Å²) >= 11 is 0. The lowest BCUT2D eigenvalue weighted by Crippen LogP contribution is -2.37. The molecule has 2 heterocycles. The van der Waals surface area contributed by atoms with E-state index in [1.165, 1.54) is 0 Å². The predicted octanol–water partition coefficient (Wildman–Crippen LogP) is 1.07. The van der Waals surface area contributed by atoms with Crippen LogP contribution in [0.3, 0.4) is 0 Å². The SMILES string of the molecule is NC1=NC(c2ccccc2)=CN2CCN=C12. The van der Waals surface area contributed by atoms with E-state index in [2.05, 4.69) is 14.9 Å². The molecule has 2 N–H and O–H groups in total. The van der Waals surface area contributed by atoms with Gasteiger partial charge in [0.15, 0.2) is 11.7 Å². The summed E-state index contributed by atoms with van der Waals surface area (Å²) in [6.07, 6.45) is 2.01. The van der Waals surface area contributed by atoms with Crippen molar-refractivity contribution in [2.24, 2.45) is 15.7 Å². The summed E-state index contributed by atoms with van der Waals surface area (Å²) in [6, 6.07) is 10.0. The minimum Gasteiger partial charge on any atom is -0.381 e. The van der Waals surface area contributed by atoms with Crippen molar-refractivity contribution in [1.82, 2.24) is 4.90 Å². The highest BCUT2D eigenvalue weighted by atomic mass is 15.3. The third kappa shape index (κ3) is 1.39. The van der Waals surface area contributed by atoms with Gasteiger partial charge < -0.3 is 10.6 Å². The van der Waals surface area contributed by atoms with Crippen LogP contribution in [0.2, 0.25) is 0 Å². The Hall–Kier alpha value is -2.10. The number of rotatable bonds is 1. The summed E-state index contributed by atoms with van der Waals surface area (Å²) in [4.78, 5) is 10.7. The molecule has 2 aliphatic heterocycles. The second-order valence-electron chi connectivity index (χ2n) is 3.78. The van der Waals surface area contributed by atoms with E-state index in [1.54, 1.807) is 0 Å². The number of aliphatic imine (C=N–C) groups is 2. The Balaban J connectivity index is 2.02. The van der Waals surface area contributed by atoms with Gasteiger partial charge in [0.25, 0.3) is 0 Å². The Kier molecular flexibility index (Phi) is 1.99. The first kappa shape index (κ1) is 9.15. The van der Waals surface area contributed by atoms with Crippen LogP contribution in [0.1, 0.15) is 5.56 Å². The minimum absolute atomic E-state index is 0.513. The van der Waals surface area contributed by atoms with Gasteiger partial charge in [0.1, 0.15) is 0 Å². The fourth-order valence-electron chi connectivity index (χ4n) is 1.92. The van der Waals surface area contributed by atoms with E-state index in [9.17, 15) is 0 Å². The molecule has 4 nitrogen and oxygen atoms in total. The van der Waals surface area contributed by atoms with E-state index in [1.807, 2.05) is 36.5 Å². The molecule has 0 bridgehead atoms. The molecule has 0 saturated carbocycles. The minimum atomic E-state index is 0.513. The summed E-state index contributed by atoms with van der Waals surface area (Å²) in [6.45, 7) is 1.69. The third-order valence-electron chi connectivity index (χ3n) is 2.69. The van der Waals surface area contributed by atoms with Crippen LogP contribution in [0, 0.1) is 0 Å². The van der Waals surface area contributed by atoms with Crippen molar-refractivity contribution in [3.8, 4) is 0 Å². The van der Waals surface area contributed by atoms with Gasteiger partial charge in [0.2, 0.25) is 0 Å². The van der Waals surface area contributed by atoms with Crippen LogP contribution in [0.4, 0.5) is 0 Å². The number of nitrogens with two attached hydrogens (primary N) is 1. The Morgan fingerprint density at radius 1 is 1.19 bits per heavy atom. The molecule has 0 radical (unpaired) electrons. The second-order valence-corrected chi connectivity index (χ2v) is 3.78. The topological polar surface area (TPSA) is 54.0 Å². The third-order valence-corrected chi connectivity index (χ3v) is 2.69. The van der Waals surface area contributed by atoms with Gasteiger partial charge in [-0.05, 0) is 0 Å². The monoisotopic (exact) mass is 212 g/mol. The first-order valence-corrected chi connectivity index (χ1v) is 5.27. The number of nitrogens with zero attached hydrogens (tertiary/aromatic N) is 3. The zero-order chi connectivity index (χ0) is 11.0. The summed E-state index contributed by atoms with van der Waals surface area (Å²) in [5.41, 5.74) is 7.87. The molecule has 0 saturated heterocycles. The van der Waals surface area contributed by atoms with Gasteiger partial charge in [-0.1, -0.05) is 30.3 Å². The second kappa shape index (κ2) is 3.48. The highest BCUT2D eigenvalue weighted by Gasteiger charge is 2.23. The highest BCUT2D eigenvalue weighted by Crippen LogP contribution is 2.21. The Bertz CT molecular complexity index is 499. The fraction of sp³-hybridized carbons (Fsp3) is 0.167. The summed E-state index contributed by atoms with van der Waals surface area (Å²) in [5.74, 6) is 1.32. The molecule has 0 aromatic heterocycles. The Labute approximate surface area is 93.8 Å². The molecule has 2 aliphatic rings. The van der Waals surface area contributed by atoms with E-state index < -0.39 is 0 Å². The van der Waals surface area contributed by atoms with Gasteiger partial charge in [-0.3, -0.25) is 4.99 Å². The molecule has 4 heteroatoms. The van der Waals surface area contributed by atoms with Crippen LogP contribution in [0.5, 0.6) is 0 Å². The van der Waals surface area contributed by atoms with Crippen molar-refractivity contribution in [3.05, 3.63) is 42.1 Å². The van der Waals surface area contributed by atoms with Gasteiger partial charge >= 0.3 is 0 Å². The van der Waals surface area contributed by atoms with Crippen LogP contribution in [0.25, 0.3) is 5.70 Å². The maximum atomic E-state index is 5.88. The van der Waals surface area contributed by atoms with Crippen molar-refractivity contribution < 1.29 is 0 Å². The zero-order valence-electron chi connectivity index (χ0n) is 8.80. The molecule has 0 spiro atoms. The zero-order valence-corrected chi connectivity index (χ0v) is 8.80. The molecule has 1 aromatic carbocycles. The van der Waals surface area contributed by atoms with Gasteiger partial charge in [0.05, 0.1) is 12.2 Å². The van der Waals surface area contributed by atoms with Crippen molar-refractivity contribution in [2.75, 3.05) is 13.1 Å². The molecule has 0 aliphatic carbocycles. The lowest BCUT2D eigenvalue weighted by atomic mass is 10.1. The summed E-state index contributed by atoms with van der Waals surface area (Å²) < 4.78 is 0. The van der Waals surface area contributed by atoms with E-state index >= 15 is 0 Å². The molecule has 0 unspecified atom stereocenters. The molecule has 1 aromatic rings. The molecular weight excluding hydrogens is 200 g/mol. The number of hydrogen-bond donors (Lipinski definition) is 1. The Morgan fingerprint density at radius 2 is 2.00 bits per heavy atom. The molecule has 3 rings (SSSR count). The first-order chi connectivity index (χ1) is 7.84. The molecule has 0 fully saturated rings. The van der Waals surface area contributed by atoms with E-state index in [0.29, 0.717) is 5.84 Å². The number of fused-ring (bicyclic) bond motifs is 1. The number of amidine groups is 2. The van der Waals surface area contributed by atoms with Gasteiger partial charge in [-0.2, -0.15) is 0 Å². The molecular formula is C12H12N4.